The van der Waals surface area contributed by atoms with Crippen LogP contribution in [0.15, 0.2) is 48.7 Å². The number of fused-ring (bicyclic) bond motifs is 1. The Morgan fingerprint density at radius 3 is 2.46 bits per heavy atom. The van der Waals surface area contributed by atoms with Gasteiger partial charge in [0.1, 0.15) is 6.04 Å². The number of aromatic amines is 1. The number of H-pyrrole nitrogens is 1. The number of carboxylic acids is 1. The molecule has 0 unspecified atom stereocenters. The normalized spacial score (nSPS) is 12.0. The second-order valence-corrected chi connectivity index (χ2v) is 11.9. The van der Waals surface area contributed by atoms with Gasteiger partial charge in [0.15, 0.2) is 17.0 Å². The average molecular weight is 654 g/mol. The van der Waals surface area contributed by atoms with Gasteiger partial charge >= 0.3 is 5.97 Å². The van der Waals surface area contributed by atoms with E-state index in [1.807, 2.05) is 12.1 Å². The maximum absolute atomic E-state index is 13.1. The van der Waals surface area contributed by atoms with Crippen LogP contribution in [0.2, 0.25) is 0 Å². The Bertz CT molecular complexity index is 1940. The molecule has 17 heteroatoms. The minimum absolute atomic E-state index is 0.0121. The van der Waals surface area contributed by atoms with Gasteiger partial charge in [0.05, 0.1) is 24.0 Å². The van der Waals surface area contributed by atoms with E-state index in [1.54, 1.807) is 30.3 Å². The number of aromatic nitrogens is 8. The molecule has 0 saturated heterocycles. The fourth-order valence-corrected chi connectivity index (χ4v) is 4.77. The molecule has 0 saturated carbocycles. The lowest BCUT2D eigenvalue weighted by molar-refractivity contribution is -0.139. The molecular weight excluding hydrogens is 618 g/mol. The standard InChI is InChI=1S/C31H35N13O4/c1-31(2,3)17-8-11-20(21(13-17)25-41-43-44-42-25)28(46)34-12-4-5-22(29(47)48)38-27(45)16-6-9-18(10-7-16)35-14-19-15-36-26-23(37-19)24(32)39-30(33)40-26/h6-11,13,15,22,35H,4-5,12,14H2,1-3H3,(H,34,46)(H,38,45)(H,47,48)(H,41,42,43,44)(H4,32,33,36,39,40)/t22-/m0/s1. The molecule has 9 N–H and O–H groups in total. The first-order chi connectivity index (χ1) is 22.9. The number of anilines is 3. The van der Waals surface area contributed by atoms with E-state index in [1.165, 1.54) is 6.20 Å². The van der Waals surface area contributed by atoms with Gasteiger partial charge in [-0.15, -0.1) is 10.2 Å². The number of aliphatic carboxylic acids is 1. The maximum atomic E-state index is 13.1. The molecule has 3 heterocycles. The summed E-state index contributed by atoms with van der Waals surface area (Å²) < 4.78 is 0. The number of nitrogens with two attached hydrogens (primary N) is 2. The zero-order valence-electron chi connectivity index (χ0n) is 26.5. The fourth-order valence-electron chi connectivity index (χ4n) is 4.77. The zero-order valence-corrected chi connectivity index (χ0v) is 26.5. The summed E-state index contributed by atoms with van der Waals surface area (Å²) in [6.07, 6.45) is 1.93. The Morgan fingerprint density at radius 1 is 1.00 bits per heavy atom. The molecule has 17 nitrogen and oxygen atoms in total. The van der Waals surface area contributed by atoms with Crippen molar-refractivity contribution in [3.05, 3.63) is 71.0 Å². The Labute approximate surface area is 274 Å². The molecular formula is C31H35N13O4. The van der Waals surface area contributed by atoms with Gasteiger partial charge in [0.25, 0.3) is 11.8 Å². The van der Waals surface area contributed by atoms with Crippen molar-refractivity contribution < 1.29 is 19.5 Å². The molecule has 0 bridgehead atoms. The molecule has 2 amide bonds. The van der Waals surface area contributed by atoms with Crippen LogP contribution in [0, 0.1) is 0 Å². The van der Waals surface area contributed by atoms with E-state index in [2.05, 4.69) is 77.3 Å². The molecule has 5 aromatic rings. The summed E-state index contributed by atoms with van der Waals surface area (Å²) >= 11 is 0. The first kappa shape index (κ1) is 33.1. The molecule has 0 aliphatic heterocycles. The highest BCUT2D eigenvalue weighted by molar-refractivity contribution is 6.00. The van der Waals surface area contributed by atoms with Crippen molar-refractivity contribution in [3.63, 3.8) is 0 Å². The van der Waals surface area contributed by atoms with Crippen molar-refractivity contribution >= 4 is 46.4 Å². The predicted octanol–water partition coefficient (Wildman–Crippen LogP) is 2.07. The molecule has 248 valence electrons. The lowest BCUT2D eigenvalue weighted by Gasteiger charge is -2.20. The molecule has 0 aliphatic carbocycles. The molecule has 5 rings (SSSR count). The van der Waals surface area contributed by atoms with E-state index in [0.29, 0.717) is 46.6 Å². The second kappa shape index (κ2) is 14.0. The van der Waals surface area contributed by atoms with Gasteiger partial charge in [0, 0.05) is 23.4 Å². The highest BCUT2D eigenvalue weighted by Crippen LogP contribution is 2.28. The Balaban J connectivity index is 1.13. The van der Waals surface area contributed by atoms with Crippen LogP contribution in [0.4, 0.5) is 17.5 Å². The number of hydrogen-bond acceptors (Lipinski definition) is 13. The number of carbonyl (C=O) groups is 3. The van der Waals surface area contributed by atoms with Crippen LogP contribution in [0.5, 0.6) is 0 Å². The summed E-state index contributed by atoms with van der Waals surface area (Å²) in [5.74, 6) is -1.67. The highest BCUT2D eigenvalue weighted by atomic mass is 16.4. The Morgan fingerprint density at radius 2 is 1.77 bits per heavy atom. The van der Waals surface area contributed by atoms with Crippen molar-refractivity contribution in [1.82, 2.24) is 51.2 Å². The van der Waals surface area contributed by atoms with Crippen LogP contribution in [0.1, 0.15) is 65.6 Å². The number of nitrogens with zero attached hydrogens (tertiary/aromatic N) is 7. The predicted molar refractivity (Wildman–Crippen MR) is 176 cm³/mol. The first-order valence-electron chi connectivity index (χ1n) is 15.0. The highest BCUT2D eigenvalue weighted by Gasteiger charge is 2.23. The SMILES string of the molecule is CC(C)(C)c1ccc(C(=O)NCCC[C@H](NC(=O)c2ccc(NCc3cnc4nc(N)nc(N)c4n3)cc2)C(=O)O)c(-c2nn[nH]n2)c1. The number of rotatable bonds is 12. The van der Waals surface area contributed by atoms with Crippen LogP contribution in [0.3, 0.4) is 0 Å². The van der Waals surface area contributed by atoms with E-state index in [9.17, 15) is 19.5 Å². The minimum Gasteiger partial charge on any atom is -0.480 e. The molecule has 0 radical (unpaired) electrons. The largest absolute Gasteiger partial charge is 0.480 e. The van der Waals surface area contributed by atoms with E-state index < -0.39 is 17.9 Å². The van der Waals surface area contributed by atoms with Crippen molar-refractivity contribution in [1.29, 1.82) is 0 Å². The summed E-state index contributed by atoms with van der Waals surface area (Å²) in [5.41, 5.74) is 15.4. The van der Waals surface area contributed by atoms with Gasteiger partial charge in [-0.25, -0.2) is 14.8 Å². The van der Waals surface area contributed by atoms with Crippen LogP contribution < -0.4 is 27.4 Å². The zero-order chi connectivity index (χ0) is 34.4. The summed E-state index contributed by atoms with van der Waals surface area (Å²) in [5, 5.41) is 32.4. The molecule has 0 spiro atoms. The van der Waals surface area contributed by atoms with Crippen LogP contribution in [-0.4, -0.2) is 76.0 Å². The number of benzene rings is 2. The smallest absolute Gasteiger partial charge is 0.326 e. The Hall–Kier alpha value is -6.26. The Kier molecular flexibility index (Phi) is 9.67. The molecule has 1 atom stereocenters. The van der Waals surface area contributed by atoms with Gasteiger partial charge in [-0.05, 0) is 65.4 Å². The molecule has 0 fully saturated rings. The third kappa shape index (κ3) is 7.93. The number of hydrogen-bond donors (Lipinski definition) is 7. The number of nitrogens with one attached hydrogen (secondary N) is 4. The third-order valence-corrected chi connectivity index (χ3v) is 7.40. The summed E-state index contributed by atoms with van der Waals surface area (Å²) in [4.78, 5) is 54.4. The maximum Gasteiger partial charge on any atom is 0.326 e. The van der Waals surface area contributed by atoms with E-state index in [0.717, 1.165) is 5.56 Å². The lowest BCUT2D eigenvalue weighted by Crippen LogP contribution is -2.41. The number of tetrazole rings is 1. The lowest BCUT2D eigenvalue weighted by atomic mass is 9.85. The second-order valence-electron chi connectivity index (χ2n) is 11.9. The molecule has 2 aromatic carbocycles. The molecule has 3 aromatic heterocycles. The first-order valence-corrected chi connectivity index (χ1v) is 15.0. The minimum atomic E-state index is -1.18. The van der Waals surface area contributed by atoms with Crippen molar-refractivity contribution in [2.24, 2.45) is 0 Å². The number of carboxylic acid groups (broad SMARTS) is 1. The molecule has 48 heavy (non-hydrogen) atoms. The van der Waals surface area contributed by atoms with Crippen LogP contribution >= 0.6 is 0 Å². The number of amides is 2. The molecule has 0 aliphatic rings. The summed E-state index contributed by atoms with van der Waals surface area (Å²) in [7, 11) is 0. The van der Waals surface area contributed by atoms with E-state index in [4.69, 9.17) is 11.5 Å². The van der Waals surface area contributed by atoms with Gasteiger partial charge < -0.3 is 32.5 Å². The summed E-state index contributed by atoms with van der Waals surface area (Å²) in [6, 6.07) is 10.8. The quantitative estimate of drug-likeness (QED) is 0.0951. The van der Waals surface area contributed by atoms with Crippen molar-refractivity contribution in [2.45, 2.75) is 51.6 Å². The monoisotopic (exact) mass is 653 g/mol. The third-order valence-electron chi connectivity index (χ3n) is 7.40. The fraction of sp³-hybridized carbons (Fsp3) is 0.290. The average Bonchev–Trinajstić information content (AvgIpc) is 3.60. The van der Waals surface area contributed by atoms with Crippen molar-refractivity contribution in [3.8, 4) is 11.4 Å². The van der Waals surface area contributed by atoms with Gasteiger partial charge in [-0.2, -0.15) is 15.2 Å². The van der Waals surface area contributed by atoms with Gasteiger partial charge in [-0.1, -0.05) is 26.8 Å². The topological polar surface area (TPSA) is 266 Å². The van der Waals surface area contributed by atoms with Crippen molar-refractivity contribution in [2.75, 3.05) is 23.3 Å². The van der Waals surface area contributed by atoms with E-state index >= 15 is 0 Å². The van der Waals surface area contributed by atoms with Crippen LogP contribution in [0.25, 0.3) is 22.6 Å². The van der Waals surface area contributed by atoms with Gasteiger partial charge in [0.2, 0.25) is 11.8 Å². The van der Waals surface area contributed by atoms with Gasteiger partial charge in [-0.3, -0.25) is 9.59 Å². The van der Waals surface area contributed by atoms with Crippen LogP contribution in [-0.2, 0) is 16.8 Å². The number of nitrogen functional groups attached to an aromatic ring is 2. The van der Waals surface area contributed by atoms with E-state index in [-0.39, 0.29) is 47.4 Å². The number of carbonyl (C=O) groups excluding carboxylic acids is 2. The summed E-state index contributed by atoms with van der Waals surface area (Å²) in [6.45, 7) is 6.66.